The first-order chi connectivity index (χ1) is 7.32. The van der Waals surface area contributed by atoms with Gasteiger partial charge in [-0.2, -0.15) is 0 Å². The van der Waals surface area contributed by atoms with Crippen LogP contribution in [0.5, 0.6) is 0 Å². The van der Waals surface area contributed by atoms with Gasteiger partial charge in [0.05, 0.1) is 6.54 Å². The van der Waals surface area contributed by atoms with E-state index in [9.17, 15) is 9.59 Å². The smallest absolute Gasteiger partial charge is 0.320 e. The molecule has 0 aromatic carbocycles. The predicted molar refractivity (Wildman–Crippen MR) is 61.3 cm³/mol. The Hall–Kier alpha value is -0.900. The monoisotopic (exact) mass is 227 g/mol. The van der Waals surface area contributed by atoms with Crippen molar-refractivity contribution in [3.63, 3.8) is 0 Å². The lowest BCUT2D eigenvalue weighted by atomic mass is 9.89. The Morgan fingerprint density at radius 3 is 2.44 bits per heavy atom. The van der Waals surface area contributed by atoms with Crippen LogP contribution in [-0.2, 0) is 9.59 Å². The number of ketones is 1. The average molecular weight is 227 g/mol. The Balaban J connectivity index is 2.63. The van der Waals surface area contributed by atoms with E-state index >= 15 is 0 Å². The Morgan fingerprint density at radius 1 is 1.31 bits per heavy atom. The summed E-state index contributed by atoms with van der Waals surface area (Å²) in [5, 5.41) is 9.07. The van der Waals surface area contributed by atoms with Gasteiger partial charge in [-0.15, -0.1) is 0 Å². The zero-order valence-electron chi connectivity index (χ0n) is 10.3. The lowest BCUT2D eigenvalue weighted by molar-refractivity contribution is -0.145. The standard InChI is InChI=1S/C12H21NO3/c1-12(2,3)10(14)8-13-7-5-4-6-9(13)11(15)16/h9H,4-8H2,1-3H3,(H,15,16). The van der Waals surface area contributed by atoms with Gasteiger partial charge in [0.2, 0.25) is 0 Å². The maximum Gasteiger partial charge on any atom is 0.320 e. The maximum absolute atomic E-state index is 11.9. The fraction of sp³-hybridized carbons (Fsp3) is 0.833. The van der Waals surface area contributed by atoms with Crippen molar-refractivity contribution in [1.82, 2.24) is 4.90 Å². The average Bonchev–Trinajstić information content (AvgIpc) is 2.16. The lowest BCUT2D eigenvalue weighted by Gasteiger charge is -2.33. The van der Waals surface area contributed by atoms with Gasteiger partial charge in [-0.3, -0.25) is 14.5 Å². The minimum atomic E-state index is -0.804. The second-order valence-corrected chi connectivity index (χ2v) is 5.49. The highest BCUT2D eigenvalue weighted by Gasteiger charge is 2.32. The quantitative estimate of drug-likeness (QED) is 0.794. The molecule has 0 bridgehead atoms. The number of carbonyl (C=O) groups excluding carboxylic acids is 1. The van der Waals surface area contributed by atoms with Gasteiger partial charge in [-0.1, -0.05) is 27.2 Å². The number of aliphatic carboxylic acids is 1. The van der Waals surface area contributed by atoms with Crippen molar-refractivity contribution in [2.45, 2.75) is 46.1 Å². The summed E-state index contributed by atoms with van der Waals surface area (Å²) < 4.78 is 0. The van der Waals surface area contributed by atoms with E-state index in [0.717, 1.165) is 19.4 Å². The summed E-state index contributed by atoms with van der Waals surface area (Å²) in [6.07, 6.45) is 2.59. The number of Topliss-reactive ketones (excluding diaryl/α,β-unsaturated/α-hetero) is 1. The molecule has 4 nitrogen and oxygen atoms in total. The minimum Gasteiger partial charge on any atom is -0.480 e. The van der Waals surface area contributed by atoms with E-state index in [1.165, 1.54) is 0 Å². The third-order valence-corrected chi connectivity index (χ3v) is 3.08. The van der Waals surface area contributed by atoms with Crippen LogP contribution in [0.25, 0.3) is 0 Å². The van der Waals surface area contributed by atoms with Crippen LogP contribution in [0.15, 0.2) is 0 Å². The van der Waals surface area contributed by atoms with Gasteiger partial charge in [0.25, 0.3) is 0 Å². The van der Waals surface area contributed by atoms with Crippen LogP contribution in [0.1, 0.15) is 40.0 Å². The van der Waals surface area contributed by atoms with Crippen LogP contribution in [0.3, 0.4) is 0 Å². The van der Waals surface area contributed by atoms with Crippen LogP contribution >= 0.6 is 0 Å². The Bertz CT molecular complexity index is 280. The first-order valence-electron chi connectivity index (χ1n) is 5.82. The van der Waals surface area contributed by atoms with Crippen LogP contribution in [-0.4, -0.2) is 40.9 Å². The van der Waals surface area contributed by atoms with E-state index in [2.05, 4.69) is 0 Å². The second-order valence-electron chi connectivity index (χ2n) is 5.49. The highest BCUT2D eigenvalue weighted by Crippen LogP contribution is 2.20. The first kappa shape index (κ1) is 13.2. The molecule has 1 rings (SSSR count). The summed E-state index contributed by atoms with van der Waals surface area (Å²) >= 11 is 0. The Kier molecular flexibility index (Phi) is 4.08. The predicted octanol–water partition coefficient (Wildman–Crippen LogP) is 1.54. The Labute approximate surface area is 96.6 Å². The van der Waals surface area contributed by atoms with Crippen molar-refractivity contribution in [3.8, 4) is 0 Å². The second kappa shape index (κ2) is 4.95. The lowest BCUT2D eigenvalue weighted by Crippen LogP contribution is -2.48. The molecule has 0 radical (unpaired) electrons. The fourth-order valence-electron chi connectivity index (χ4n) is 1.88. The number of piperidine rings is 1. The molecule has 1 heterocycles. The van der Waals surface area contributed by atoms with Gasteiger partial charge in [0.1, 0.15) is 6.04 Å². The van der Waals surface area contributed by atoms with Crippen LogP contribution in [0.4, 0.5) is 0 Å². The molecule has 0 aromatic rings. The molecule has 1 unspecified atom stereocenters. The molecule has 0 aromatic heterocycles. The molecule has 16 heavy (non-hydrogen) atoms. The van der Waals surface area contributed by atoms with E-state index in [0.29, 0.717) is 6.42 Å². The van der Waals surface area contributed by atoms with E-state index in [1.807, 2.05) is 20.8 Å². The summed E-state index contributed by atoms with van der Waals surface area (Å²) in [6, 6.07) is -0.472. The number of hydrogen-bond acceptors (Lipinski definition) is 3. The van der Waals surface area contributed by atoms with Gasteiger partial charge < -0.3 is 5.11 Å². The molecule has 1 aliphatic heterocycles. The topological polar surface area (TPSA) is 57.6 Å². The number of carboxylic acid groups (broad SMARTS) is 1. The molecule has 1 fully saturated rings. The van der Waals surface area contributed by atoms with Crippen LogP contribution < -0.4 is 0 Å². The molecular formula is C12H21NO3. The maximum atomic E-state index is 11.9. The van der Waals surface area contributed by atoms with Crippen molar-refractivity contribution in [1.29, 1.82) is 0 Å². The molecule has 4 heteroatoms. The molecule has 0 spiro atoms. The number of carbonyl (C=O) groups is 2. The SMILES string of the molecule is CC(C)(C)C(=O)CN1CCCCC1C(=O)O. The molecule has 1 aliphatic rings. The van der Waals surface area contributed by atoms with Crippen molar-refractivity contribution in [3.05, 3.63) is 0 Å². The molecule has 0 aliphatic carbocycles. The highest BCUT2D eigenvalue weighted by atomic mass is 16.4. The van der Waals surface area contributed by atoms with Crippen molar-refractivity contribution >= 4 is 11.8 Å². The normalized spacial score (nSPS) is 23.1. The summed E-state index contributed by atoms with van der Waals surface area (Å²) in [7, 11) is 0. The van der Waals surface area contributed by atoms with E-state index < -0.39 is 12.0 Å². The molecule has 0 amide bonds. The van der Waals surface area contributed by atoms with Gasteiger partial charge in [-0.25, -0.2) is 0 Å². The van der Waals surface area contributed by atoms with Crippen molar-refractivity contribution in [2.75, 3.05) is 13.1 Å². The fourth-order valence-corrected chi connectivity index (χ4v) is 1.88. The largest absolute Gasteiger partial charge is 0.480 e. The van der Waals surface area contributed by atoms with Gasteiger partial charge >= 0.3 is 5.97 Å². The van der Waals surface area contributed by atoms with E-state index in [-0.39, 0.29) is 17.7 Å². The number of rotatable bonds is 3. The Morgan fingerprint density at radius 2 is 1.94 bits per heavy atom. The van der Waals surface area contributed by atoms with Crippen molar-refractivity contribution in [2.24, 2.45) is 5.41 Å². The summed E-state index contributed by atoms with van der Waals surface area (Å²) in [5.41, 5.74) is -0.388. The number of nitrogens with zero attached hydrogens (tertiary/aromatic N) is 1. The first-order valence-corrected chi connectivity index (χ1v) is 5.82. The molecule has 1 N–H and O–H groups in total. The third-order valence-electron chi connectivity index (χ3n) is 3.08. The van der Waals surface area contributed by atoms with E-state index in [1.54, 1.807) is 4.90 Å². The van der Waals surface area contributed by atoms with Gasteiger partial charge in [-0.05, 0) is 19.4 Å². The highest BCUT2D eigenvalue weighted by molar-refractivity contribution is 5.86. The molecule has 92 valence electrons. The summed E-state index contributed by atoms with van der Waals surface area (Å²) in [6.45, 7) is 6.60. The molecule has 1 atom stereocenters. The molecule has 0 saturated carbocycles. The molecule has 1 saturated heterocycles. The minimum absolute atomic E-state index is 0.112. The molecular weight excluding hydrogens is 206 g/mol. The van der Waals surface area contributed by atoms with Crippen LogP contribution in [0.2, 0.25) is 0 Å². The summed E-state index contributed by atoms with van der Waals surface area (Å²) in [4.78, 5) is 24.7. The van der Waals surface area contributed by atoms with E-state index in [4.69, 9.17) is 5.11 Å². The van der Waals surface area contributed by atoms with Gasteiger partial charge in [0.15, 0.2) is 5.78 Å². The van der Waals surface area contributed by atoms with Gasteiger partial charge in [0, 0.05) is 5.41 Å². The van der Waals surface area contributed by atoms with Crippen molar-refractivity contribution < 1.29 is 14.7 Å². The summed E-state index contributed by atoms with van der Waals surface area (Å²) in [5.74, 6) is -0.693. The number of likely N-dealkylation sites (tertiary alicyclic amines) is 1. The zero-order chi connectivity index (χ0) is 12.3. The van der Waals surface area contributed by atoms with Crippen LogP contribution in [0, 0.1) is 5.41 Å². The zero-order valence-corrected chi connectivity index (χ0v) is 10.3. The number of carboxylic acids is 1. The third kappa shape index (κ3) is 3.30. The number of hydrogen-bond donors (Lipinski definition) is 1.